The van der Waals surface area contributed by atoms with E-state index in [4.69, 9.17) is 9.29 Å². The van der Waals surface area contributed by atoms with Crippen LogP contribution < -0.4 is 0 Å². The summed E-state index contributed by atoms with van der Waals surface area (Å²) in [6.07, 6.45) is 0. The summed E-state index contributed by atoms with van der Waals surface area (Å²) in [6, 6.07) is 0. The largest absolute Gasteiger partial charge is 0.352 e. The van der Waals surface area contributed by atoms with Crippen LogP contribution in [0.15, 0.2) is 0 Å². The van der Waals surface area contributed by atoms with Crippen LogP contribution in [0.25, 0.3) is 0 Å². The second-order valence-electron chi connectivity index (χ2n) is 4.09. The fourth-order valence-corrected chi connectivity index (χ4v) is 1.15. The van der Waals surface area contributed by atoms with Crippen LogP contribution in [-0.2, 0) is 14.9 Å². The minimum Gasteiger partial charge on any atom is -0.352 e. The molecule has 74 valence electrons. The lowest BCUT2D eigenvalue weighted by atomic mass is 10.2. The van der Waals surface area contributed by atoms with Crippen LogP contribution >= 0.6 is 0 Å². The summed E-state index contributed by atoms with van der Waals surface area (Å²) in [5, 5.41) is 0. The van der Waals surface area contributed by atoms with Gasteiger partial charge in [0.25, 0.3) is 10.1 Å². The maximum atomic E-state index is 10.8. The number of rotatable bonds is 2. The molecule has 0 saturated carbocycles. The Morgan fingerprint density at radius 3 is 1.50 bits per heavy atom. The van der Waals surface area contributed by atoms with Crippen molar-refractivity contribution in [1.82, 2.24) is 0 Å². The molecule has 0 unspecified atom stereocenters. The van der Waals surface area contributed by atoms with Gasteiger partial charge in [-0.3, -0.25) is 4.55 Å². The highest BCUT2D eigenvalue weighted by Crippen LogP contribution is 2.23. The minimum absolute atomic E-state index is 0.598. The van der Waals surface area contributed by atoms with Gasteiger partial charge in [-0.2, -0.15) is 8.42 Å². The fourth-order valence-electron chi connectivity index (χ4n) is 0.790. The molecule has 0 aromatic heterocycles. The van der Waals surface area contributed by atoms with Crippen molar-refractivity contribution in [2.45, 2.75) is 45.2 Å². The molecule has 1 N–H and O–H groups in total. The van der Waals surface area contributed by atoms with Gasteiger partial charge < -0.3 is 4.74 Å². The van der Waals surface area contributed by atoms with Gasteiger partial charge >= 0.3 is 0 Å². The molecule has 0 fully saturated rings. The molecule has 4 nitrogen and oxygen atoms in total. The highest BCUT2D eigenvalue weighted by Gasteiger charge is 2.37. The molecule has 0 aromatic carbocycles. The van der Waals surface area contributed by atoms with E-state index in [9.17, 15) is 8.42 Å². The highest BCUT2D eigenvalue weighted by atomic mass is 32.2. The van der Waals surface area contributed by atoms with Crippen molar-refractivity contribution >= 4 is 10.1 Å². The SMILES string of the molecule is CC(C)(C)OC(C)(C)S(=O)(=O)O. The van der Waals surface area contributed by atoms with Gasteiger partial charge in [0.1, 0.15) is 0 Å². The molecular weight excluding hydrogens is 180 g/mol. The monoisotopic (exact) mass is 196 g/mol. The summed E-state index contributed by atoms with van der Waals surface area (Å²) < 4.78 is 35.4. The minimum atomic E-state index is -4.16. The molecule has 0 radical (unpaired) electrons. The molecule has 0 saturated heterocycles. The molecule has 12 heavy (non-hydrogen) atoms. The lowest BCUT2D eigenvalue weighted by Gasteiger charge is -2.30. The average molecular weight is 196 g/mol. The van der Waals surface area contributed by atoms with Crippen LogP contribution in [0.2, 0.25) is 0 Å². The Kier molecular flexibility index (Phi) is 2.94. The van der Waals surface area contributed by atoms with Crippen LogP contribution in [0.4, 0.5) is 0 Å². The molecule has 0 amide bonds. The molecule has 0 rings (SSSR count). The highest BCUT2D eigenvalue weighted by molar-refractivity contribution is 7.87. The molecule has 0 atom stereocenters. The van der Waals surface area contributed by atoms with Gasteiger partial charge in [0.15, 0.2) is 4.93 Å². The molecule has 0 bridgehead atoms. The molecule has 0 heterocycles. The van der Waals surface area contributed by atoms with E-state index in [1.54, 1.807) is 20.8 Å². The van der Waals surface area contributed by atoms with E-state index in [0.717, 1.165) is 0 Å². The van der Waals surface area contributed by atoms with Crippen molar-refractivity contribution in [2.24, 2.45) is 0 Å². The standard InChI is InChI=1S/C7H16O4S/c1-6(2,3)11-7(4,5)12(8,9)10/h1-5H3,(H,8,9,10). The van der Waals surface area contributed by atoms with Gasteiger partial charge in [0, 0.05) is 0 Å². The maximum Gasteiger partial charge on any atom is 0.294 e. The van der Waals surface area contributed by atoms with E-state index >= 15 is 0 Å². The summed E-state index contributed by atoms with van der Waals surface area (Å²) in [6.45, 7) is 7.79. The van der Waals surface area contributed by atoms with E-state index in [1.807, 2.05) is 0 Å². The number of hydrogen-bond acceptors (Lipinski definition) is 3. The third kappa shape index (κ3) is 3.51. The summed E-state index contributed by atoms with van der Waals surface area (Å²) in [5.74, 6) is 0. The third-order valence-corrected chi connectivity index (χ3v) is 2.50. The van der Waals surface area contributed by atoms with E-state index in [1.165, 1.54) is 13.8 Å². The van der Waals surface area contributed by atoms with E-state index in [0.29, 0.717) is 0 Å². The predicted octanol–water partition coefficient (Wildman–Crippen LogP) is 1.43. The van der Waals surface area contributed by atoms with Gasteiger partial charge in [0.05, 0.1) is 5.60 Å². The van der Waals surface area contributed by atoms with Gasteiger partial charge in [-0.1, -0.05) is 0 Å². The quantitative estimate of drug-likeness (QED) is 0.678. The van der Waals surface area contributed by atoms with Crippen molar-refractivity contribution in [3.05, 3.63) is 0 Å². The molecular formula is C7H16O4S. The van der Waals surface area contributed by atoms with E-state index in [-0.39, 0.29) is 0 Å². The van der Waals surface area contributed by atoms with Gasteiger partial charge in [0.2, 0.25) is 0 Å². The zero-order valence-corrected chi connectivity index (χ0v) is 8.90. The Bertz CT molecular complexity index is 245. The summed E-state index contributed by atoms with van der Waals surface area (Å²) in [5.41, 5.74) is -0.598. The lowest BCUT2D eigenvalue weighted by Crippen LogP contribution is -2.41. The van der Waals surface area contributed by atoms with Crippen molar-refractivity contribution in [2.75, 3.05) is 0 Å². The van der Waals surface area contributed by atoms with E-state index < -0.39 is 20.7 Å². The summed E-state index contributed by atoms with van der Waals surface area (Å²) in [4.78, 5) is -1.55. The van der Waals surface area contributed by atoms with Crippen LogP contribution in [0.5, 0.6) is 0 Å². The Morgan fingerprint density at radius 1 is 1.08 bits per heavy atom. The Morgan fingerprint density at radius 2 is 1.42 bits per heavy atom. The van der Waals surface area contributed by atoms with Crippen LogP contribution in [-0.4, -0.2) is 23.5 Å². The molecule has 0 aliphatic heterocycles. The third-order valence-electron chi connectivity index (χ3n) is 1.17. The topological polar surface area (TPSA) is 63.6 Å². The summed E-state index contributed by atoms with van der Waals surface area (Å²) >= 11 is 0. The first-order valence-electron chi connectivity index (χ1n) is 3.63. The van der Waals surface area contributed by atoms with Crippen molar-refractivity contribution in [1.29, 1.82) is 0 Å². The molecule has 0 spiro atoms. The Balaban J connectivity index is 4.68. The van der Waals surface area contributed by atoms with Crippen LogP contribution in [0, 0.1) is 0 Å². The second-order valence-corrected chi connectivity index (χ2v) is 6.02. The van der Waals surface area contributed by atoms with Gasteiger partial charge in [-0.05, 0) is 34.6 Å². The Labute approximate surface area is 73.7 Å². The number of hydrogen-bond donors (Lipinski definition) is 1. The van der Waals surface area contributed by atoms with Crippen LogP contribution in [0.1, 0.15) is 34.6 Å². The molecule has 0 aromatic rings. The number of ether oxygens (including phenoxy) is 1. The molecule has 5 heteroatoms. The zero-order chi connectivity index (χ0) is 10.2. The summed E-state index contributed by atoms with van der Waals surface area (Å²) in [7, 11) is -4.16. The van der Waals surface area contributed by atoms with Crippen molar-refractivity contribution in [3.63, 3.8) is 0 Å². The van der Waals surface area contributed by atoms with Gasteiger partial charge in [-0.25, -0.2) is 0 Å². The Hall–Kier alpha value is -0.130. The van der Waals surface area contributed by atoms with Crippen molar-refractivity contribution < 1.29 is 17.7 Å². The normalized spacial score (nSPS) is 14.8. The van der Waals surface area contributed by atoms with Crippen LogP contribution in [0.3, 0.4) is 0 Å². The molecule has 0 aliphatic carbocycles. The molecule has 0 aliphatic rings. The zero-order valence-electron chi connectivity index (χ0n) is 8.08. The smallest absolute Gasteiger partial charge is 0.294 e. The van der Waals surface area contributed by atoms with Crippen molar-refractivity contribution in [3.8, 4) is 0 Å². The van der Waals surface area contributed by atoms with E-state index in [2.05, 4.69) is 0 Å². The first kappa shape index (κ1) is 11.9. The fraction of sp³-hybridized carbons (Fsp3) is 1.00. The maximum absolute atomic E-state index is 10.8. The average Bonchev–Trinajstić information content (AvgIpc) is 1.52. The van der Waals surface area contributed by atoms with Gasteiger partial charge in [-0.15, -0.1) is 0 Å². The predicted molar refractivity (Wildman–Crippen MR) is 46.5 cm³/mol. The second kappa shape index (κ2) is 2.97. The lowest BCUT2D eigenvalue weighted by molar-refractivity contribution is -0.0704. The first-order chi connectivity index (χ1) is 4.96. The first-order valence-corrected chi connectivity index (χ1v) is 5.07.